The summed E-state index contributed by atoms with van der Waals surface area (Å²) in [6, 6.07) is 16.1. The van der Waals surface area contributed by atoms with E-state index in [1.54, 1.807) is 0 Å². The summed E-state index contributed by atoms with van der Waals surface area (Å²) in [6.07, 6.45) is 0.951. The molecule has 0 unspecified atom stereocenters. The molecule has 0 saturated carbocycles. The van der Waals surface area contributed by atoms with Gasteiger partial charge in [-0.05, 0) is 0 Å². The Morgan fingerprint density at radius 1 is 1.06 bits per heavy atom. The Morgan fingerprint density at radius 3 is 2.56 bits per heavy atom. The summed E-state index contributed by atoms with van der Waals surface area (Å²) in [6.45, 7) is 2.12. The summed E-state index contributed by atoms with van der Waals surface area (Å²) in [5.74, 6) is 0. The second kappa shape index (κ2) is 4.60. The predicted octanol–water partition coefficient (Wildman–Crippen LogP) is 2.61. The first-order valence-corrected chi connectivity index (χ1v) is 7.63. The third-order valence-electron chi connectivity index (χ3n) is 3.08. The van der Waals surface area contributed by atoms with Crippen LogP contribution in [-0.2, 0) is 6.42 Å². The number of aromatic nitrogens is 1. The molecule has 0 bridgehead atoms. The Labute approximate surface area is 111 Å². The van der Waals surface area contributed by atoms with Gasteiger partial charge in [0.1, 0.15) is 0 Å². The molecular weight excluding hydrogens is 289 g/mol. The van der Waals surface area contributed by atoms with Crippen LogP contribution in [0.15, 0.2) is 53.3 Å². The van der Waals surface area contributed by atoms with Gasteiger partial charge in [-0.1, -0.05) is 0 Å². The van der Waals surface area contributed by atoms with E-state index >= 15 is 0 Å². The van der Waals surface area contributed by atoms with Gasteiger partial charge in [0.2, 0.25) is 0 Å². The van der Waals surface area contributed by atoms with E-state index in [2.05, 4.69) is 19.1 Å². The number of benzene rings is 2. The van der Waals surface area contributed by atoms with Crippen LogP contribution in [0.5, 0.6) is 0 Å². The van der Waals surface area contributed by atoms with Gasteiger partial charge in [-0.25, -0.2) is 0 Å². The van der Waals surface area contributed by atoms with Gasteiger partial charge >= 0.3 is 111 Å². The van der Waals surface area contributed by atoms with Crippen molar-refractivity contribution >= 4 is 24.4 Å². The summed E-state index contributed by atoms with van der Waals surface area (Å²) in [7, 11) is 0. The minimum atomic E-state index is 0.0684. The zero-order chi connectivity index (χ0) is 12.5. The summed E-state index contributed by atoms with van der Waals surface area (Å²) >= 11 is 0.0684. The molecule has 0 aliphatic heterocycles. The number of para-hydroxylation sites is 1. The minimum absolute atomic E-state index is 0.0684. The van der Waals surface area contributed by atoms with Crippen LogP contribution in [0.25, 0.3) is 15.3 Å². The number of hydrogen-bond donors (Lipinski definition) is 0. The molecule has 0 saturated heterocycles. The summed E-state index contributed by atoms with van der Waals surface area (Å²) in [5.41, 5.74) is 2.45. The van der Waals surface area contributed by atoms with Crippen LogP contribution in [0.2, 0.25) is 0 Å². The van der Waals surface area contributed by atoms with Gasteiger partial charge in [-0.3, -0.25) is 0 Å². The van der Waals surface area contributed by atoms with Crippen molar-refractivity contribution in [1.29, 1.82) is 0 Å². The molecule has 0 atom stereocenters. The van der Waals surface area contributed by atoms with Crippen LogP contribution in [0.1, 0.15) is 12.5 Å². The normalized spacial score (nSPS) is 10.9. The monoisotopic (exact) mass is 303 g/mol. The zero-order valence-corrected chi connectivity index (χ0v) is 11.8. The maximum absolute atomic E-state index is 12.4. The molecule has 90 valence electrons. The topological polar surface area (TPSA) is 22.0 Å². The number of aryl methyl sites for hydroxylation is 1. The van der Waals surface area contributed by atoms with Crippen molar-refractivity contribution in [2.75, 3.05) is 0 Å². The molecule has 0 amide bonds. The fourth-order valence-electron chi connectivity index (χ4n) is 2.14. The standard InChI is InChI=1S/C15H13NOSe/c1-2-11-7-3-5-9-13(11)16-15(17)12-8-4-6-10-14(12)18-16/h3-10H,2H2,1H3. The molecular formula is C15H13NOSe. The Morgan fingerprint density at radius 2 is 1.78 bits per heavy atom. The Balaban J connectivity index is 2.32. The van der Waals surface area contributed by atoms with Gasteiger partial charge < -0.3 is 0 Å². The first kappa shape index (κ1) is 11.5. The molecule has 0 N–H and O–H groups in total. The molecule has 0 radical (unpaired) electrons. The fourth-order valence-corrected chi connectivity index (χ4v) is 4.34. The van der Waals surface area contributed by atoms with Crippen molar-refractivity contribution < 1.29 is 0 Å². The maximum atomic E-state index is 12.4. The molecule has 1 aromatic heterocycles. The molecule has 0 spiro atoms. The van der Waals surface area contributed by atoms with E-state index in [9.17, 15) is 4.79 Å². The second-order valence-electron chi connectivity index (χ2n) is 4.17. The molecule has 3 heteroatoms. The van der Waals surface area contributed by atoms with E-state index in [4.69, 9.17) is 0 Å². The first-order chi connectivity index (χ1) is 8.81. The Kier molecular flexibility index (Phi) is 2.94. The number of rotatable bonds is 2. The van der Waals surface area contributed by atoms with Crippen LogP contribution in [0.4, 0.5) is 0 Å². The van der Waals surface area contributed by atoms with Crippen LogP contribution in [0.3, 0.4) is 0 Å². The van der Waals surface area contributed by atoms with Crippen molar-refractivity contribution in [2.45, 2.75) is 13.3 Å². The van der Waals surface area contributed by atoms with Crippen LogP contribution in [0, 0.1) is 0 Å². The molecule has 18 heavy (non-hydrogen) atoms. The van der Waals surface area contributed by atoms with Crippen molar-refractivity contribution in [3.8, 4) is 5.69 Å². The predicted molar refractivity (Wildman–Crippen MR) is 75.9 cm³/mol. The first-order valence-electron chi connectivity index (χ1n) is 6.00. The number of nitrogens with zero attached hydrogens (tertiary/aromatic N) is 1. The Bertz CT molecular complexity index is 754. The molecule has 1 heterocycles. The third-order valence-corrected chi connectivity index (χ3v) is 5.39. The van der Waals surface area contributed by atoms with Gasteiger partial charge in [-0.15, -0.1) is 0 Å². The third kappa shape index (κ3) is 1.76. The van der Waals surface area contributed by atoms with Crippen molar-refractivity contribution in [1.82, 2.24) is 3.56 Å². The van der Waals surface area contributed by atoms with E-state index in [0.717, 1.165) is 17.5 Å². The average molecular weight is 302 g/mol. The van der Waals surface area contributed by atoms with Crippen LogP contribution in [-0.4, -0.2) is 18.3 Å². The molecule has 0 aliphatic carbocycles. The molecule has 2 nitrogen and oxygen atoms in total. The molecule has 3 aromatic rings. The second-order valence-corrected chi connectivity index (χ2v) is 6.24. The zero-order valence-electron chi connectivity index (χ0n) is 10.1. The van der Waals surface area contributed by atoms with Gasteiger partial charge in [0, 0.05) is 0 Å². The SMILES string of the molecule is CCc1ccccc1-n1[se]c2ccccc2c1=O. The number of hydrogen-bond acceptors (Lipinski definition) is 1. The van der Waals surface area contributed by atoms with Crippen LogP contribution >= 0.6 is 0 Å². The van der Waals surface area contributed by atoms with Crippen LogP contribution < -0.4 is 5.56 Å². The molecule has 2 aromatic carbocycles. The van der Waals surface area contributed by atoms with E-state index in [1.807, 2.05) is 40.0 Å². The fraction of sp³-hybridized carbons (Fsp3) is 0.133. The van der Waals surface area contributed by atoms with E-state index in [1.165, 1.54) is 9.82 Å². The van der Waals surface area contributed by atoms with E-state index in [0.29, 0.717) is 0 Å². The van der Waals surface area contributed by atoms with Crippen molar-refractivity contribution in [2.24, 2.45) is 0 Å². The van der Waals surface area contributed by atoms with Gasteiger partial charge in [0.25, 0.3) is 0 Å². The quantitative estimate of drug-likeness (QED) is 0.667. The van der Waals surface area contributed by atoms with E-state index < -0.39 is 0 Å². The van der Waals surface area contributed by atoms with Crippen molar-refractivity contribution in [3.05, 3.63) is 64.4 Å². The average Bonchev–Trinajstić information content (AvgIpc) is 2.76. The van der Waals surface area contributed by atoms with Gasteiger partial charge in [0.15, 0.2) is 0 Å². The Hall–Kier alpha value is -1.57. The van der Waals surface area contributed by atoms with Gasteiger partial charge in [-0.2, -0.15) is 0 Å². The van der Waals surface area contributed by atoms with Gasteiger partial charge in [0.05, 0.1) is 0 Å². The number of fused-ring (bicyclic) bond motifs is 1. The molecule has 0 aliphatic rings. The summed E-state index contributed by atoms with van der Waals surface area (Å²) in [4.78, 5) is 12.4. The van der Waals surface area contributed by atoms with Crippen molar-refractivity contribution in [3.63, 3.8) is 0 Å². The molecule has 3 rings (SSSR count). The molecule has 0 fully saturated rings. The van der Waals surface area contributed by atoms with E-state index in [-0.39, 0.29) is 20.3 Å². The summed E-state index contributed by atoms with van der Waals surface area (Å²) < 4.78 is 3.12. The summed E-state index contributed by atoms with van der Waals surface area (Å²) in [5, 5.41) is 0.864.